The van der Waals surface area contributed by atoms with Crippen LogP contribution in [0.25, 0.3) is 11.3 Å². The molecule has 0 aliphatic rings. The molecule has 0 spiro atoms. The number of aromatic nitrogens is 2. The number of anilines is 1. The molecule has 1 heterocycles. The predicted molar refractivity (Wildman–Crippen MR) is 93.7 cm³/mol. The van der Waals surface area contributed by atoms with Crippen LogP contribution in [0.2, 0.25) is 0 Å². The number of benzene rings is 2. The zero-order chi connectivity index (χ0) is 16.8. The average Bonchev–Trinajstić information content (AvgIpc) is 2.62. The van der Waals surface area contributed by atoms with E-state index < -0.39 is 0 Å². The van der Waals surface area contributed by atoms with Crippen LogP contribution in [0, 0.1) is 0 Å². The first-order chi connectivity index (χ1) is 11.7. The molecule has 2 N–H and O–H groups in total. The third kappa shape index (κ3) is 4.16. The van der Waals surface area contributed by atoms with E-state index in [1.54, 1.807) is 6.07 Å². The minimum Gasteiger partial charge on any atom is -0.326 e. The Kier molecular flexibility index (Phi) is 4.81. The lowest BCUT2D eigenvalue weighted by Crippen LogP contribution is -2.12. The number of amides is 1. The summed E-state index contributed by atoms with van der Waals surface area (Å²) < 4.78 is 0. The zero-order valence-electron chi connectivity index (χ0n) is 13.0. The Labute approximate surface area is 139 Å². The molecular weight excluding hydrogens is 302 g/mol. The van der Waals surface area contributed by atoms with Crippen LogP contribution in [0.4, 0.5) is 5.69 Å². The molecule has 0 aliphatic carbocycles. The van der Waals surface area contributed by atoms with Gasteiger partial charge in [0.05, 0.1) is 5.69 Å². The molecular formula is C19H17N3O2. The van der Waals surface area contributed by atoms with Gasteiger partial charge < -0.3 is 5.32 Å². The van der Waals surface area contributed by atoms with Crippen molar-refractivity contribution in [1.82, 2.24) is 10.2 Å². The topological polar surface area (TPSA) is 74.8 Å². The van der Waals surface area contributed by atoms with E-state index in [2.05, 4.69) is 15.5 Å². The van der Waals surface area contributed by atoms with Crippen LogP contribution >= 0.6 is 0 Å². The Hall–Kier alpha value is -3.21. The molecule has 5 nitrogen and oxygen atoms in total. The monoisotopic (exact) mass is 319 g/mol. The van der Waals surface area contributed by atoms with Crippen molar-refractivity contribution in [2.75, 3.05) is 5.32 Å². The maximum Gasteiger partial charge on any atom is 0.264 e. The summed E-state index contributed by atoms with van der Waals surface area (Å²) in [6, 6.07) is 20.4. The van der Waals surface area contributed by atoms with Crippen LogP contribution in [-0.4, -0.2) is 16.1 Å². The van der Waals surface area contributed by atoms with Crippen molar-refractivity contribution in [2.24, 2.45) is 0 Å². The number of nitrogens with one attached hydrogen (secondary N) is 2. The molecule has 24 heavy (non-hydrogen) atoms. The second kappa shape index (κ2) is 7.37. The predicted octanol–water partition coefficient (Wildman–Crippen LogP) is 3.01. The van der Waals surface area contributed by atoms with Gasteiger partial charge >= 0.3 is 0 Å². The fourth-order valence-corrected chi connectivity index (χ4v) is 2.39. The summed E-state index contributed by atoms with van der Waals surface area (Å²) in [5, 5.41) is 9.29. The van der Waals surface area contributed by atoms with E-state index in [0.717, 1.165) is 11.1 Å². The molecule has 3 rings (SSSR count). The molecule has 0 saturated heterocycles. The summed E-state index contributed by atoms with van der Waals surface area (Å²) in [5.41, 5.74) is 3.07. The molecule has 0 bridgehead atoms. The van der Waals surface area contributed by atoms with E-state index in [0.29, 0.717) is 24.2 Å². The molecule has 1 amide bonds. The molecule has 0 unspecified atom stereocenters. The van der Waals surface area contributed by atoms with Crippen LogP contribution in [0.3, 0.4) is 0 Å². The first kappa shape index (κ1) is 15.7. The molecule has 0 saturated carbocycles. The van der Waals surface area contributed by atoms with E-state index >= 15 is 0 Å². The van der Waals surface area contributed by atoms with Gasteiger partial charge in [-0.3, -0.25) is 9.59 Å². The van der Waals surface area contributed by atoms with Crippen molar-refractivity contribution in [3.63, 3.8) is 0 Å². The fourth-order valence-electron chi connectivity index (χ4n) is 2.39. The molecule has 1 aromatic heterocycles. The van der Waals surface area contributed by atoms with Gasteiger partial charge in [0.1, 0.15) is 0 Å². The first-order valence-corrected chi connectivity index (χ1v) is 7.71. The number of nitrogens with zero attached hydrogens (tertiary/aromatic N) is 1. The summed E-state index contributed by atoms with van der Waals surface area (Å²) in [7, 11) is 0. The van der Waals surface area contributed by atoms with Gasteiger partial charge in [-0.25, -0.2) is 5.10 Å². The number of rotatable bonds is 5. The summed E-state index contributed by atoms with van der Waals surface area (Å²) in [4.78, 5) is 23.2. The second-order valence-corrected chi connectivity index (χ2v) is 5.42. The number of H-pyrrole nitrogens is 1. The SMILES string of the molecule is O=C(CCc1ccccc1)Nc1cccc(-c2ccc(=O)[nH]n2)c1. The highest BCUT2D eigenvalue weighted by Gasteiger charge is 2.05. The van der Waals surface area contributed by atoms with Crippen molar-refractivity contribution in [1.29, 1.82) is 0 Å². The van der Waals surface area contributed by atoms with E-state index in [4.69, 9.17) is 0 Å². The van der Waals surface area contributed by atoms with Gasteiger partial charge in [-0.15, -0.1) is 0 Å². The molecule has 2 aromatic carbocycles. The Bertz CT molecular complexity index is 868. The van der Waals surface area contributed by atoms with Crippen molar-refractivity contribution >= 4 is 11.6 Å². The summed E-state index contributed by atoms with van der Waals surface area (Å²) in [6.45, 7) is 0. The third-order valence-electron chi connectivity index (χ3n) is 3.60. The lowest BCUT2D eigenvalue weighted by molar-refractivity contribution is -0.116. The van der Waals surface area contributed by atoms with E-state index in [9.17, 15) is 9.59 Å². The lowest BCUT2D eigenvalue weighted by Gasteiger charge is -2.07. The molecule has 0 radical (unpaired) electrons. The number of carbonyl (C=O) groups excluding carboxylic acids is 1. The van der Waals surface area contributed by atoms with Crippen LogP contribution in [-0.2, 0) is 11.2 Å². The number of carbonyl (C=O) groups is 1. The van der Waals surface area contributed by atoms with Crippen LogP contribution in [0.5, 0.6) is 0 Å². The minimum atomic E-state index is -0.246. The Morgan fingerprint density at radius 3 is 2.58 bits per heavy atom. The van der Waals surface area contributed by atoms with E-state index in [1.807, 2.05) is 54.6 Å². The van der Waals surface area contributed by atoms with E-state index in [1.165, 1.54) is 6.07 Å². The smallest absolute Gasteiger partial charge is 0.264 e. The van der Waals surface area contributed by atoms with Gasteiger partial charge in [-0.1, -0.05) is 42.5 Å². The Morgan fingerprint density at radius 2 is 1.83 bits per heavy atom. The van der Waals surface area contributed by atoms with Crippen LogP contribution in [0.15, 0.2) is 71.5 Å². The summed E-state index contributed by atoms with van der Waals surface area (Å²) in [6.07, 6.45) is 1.12. The van der Waals surface area contributed by atoms with Gasteiger partial charge in [0, 0.05) is 23.7 Å². The molecule has 0 fully saturated rings. The number of aryl methyl sites for hydroxylation is 1. The van der Waals surface area contributed by atoms with Gasteiger partial charge in [0.2, 0.25) is 5.91 Å². The van der Waals surface area contributed by atoms with Crippen molar-refractivity contribution < 1.29 is 4.79 Å². The zero-order valence-corrected chi connectivity index (χ0v) is 13.0. The van der Waals surface area contributed by atoms with Crippen LogP contribution in [0.1, 0.15) is 12.0 Å². The van der Waals surface area contributed by atoms with Crippen molar-refractivity contribution in [2.45, 2.75) is 12.8 Å². The first-order valence-electron chi connectivity index (χ1n) is 7.71. The minimum absolute atomic E-state index is 0.0366. The number of hydrogen-bond acceptors (Lipinski definition) is 3. The van der Waals surface area contributed by atoms with Gasteiger partial charge in [0.25, 0.3) is 5.56 Å². The average molecular weight is 319 g/mol. The van der Waals surface area contributed by atoms with Gasteiger partial charge in [-0.2, -0.15) is 5.10 Å². The second-order valence-electron chi connectivity index (χ2n) is 5.42. The van der Waals surface area contributed by atoms with Crippen molar-refractivity contribution in [3.8, 4) is 11.3 Å². The molecule has 120 valence electrons. The molecule has 5 heteroatoms. The number of aromatic amines is 1. The highest BCUT2D eigenvalue weighted by molar-refractivity contribution is 5.91. The highest BCUT2D eigenvalue weighted by atomic mass is 16.1. The Balaban J connectivity index is 1.65. The standard InChI is InChI=1S/C19H17N3O2/c23-18(11-9-14-5-2-1-3-6-14)20-16-8-4-7-15(13-16)17-10-12-19(24)22-21-17/h1-8,10,12-13H,9,11H2,(H,20,23)(H,22,24). The van der Waals surface area contributed by atoms with Crippen LogP contribution < -0.4 is 10.9 Å². The highest BCUT2D eigenvalue weighted by Crippen LogP contribution is 2.20. The molecule has 0 atom stereocenters. The summed E-state index contributed by atoms with van der Waals surface area (Å²) in [5.74, 6) is -0.0366. The molecule has 3 aromatic rings. The lowest BCUT2D eigenvalue weighted by atomic mass is 10.1. The maximum atomic E-state index is 12.1. The Morgan fingerprint density at radius 1 is 1.00 bits per heavy atom. The number of hydrogen-bond donors (Lipinski definition) is 2. The maximum absolute atomic E-state index is 12.1. The quantitative estimate of drug-likeness (QED) is 0.759. The fraction of sp³-hybridized carbons (Fsp3) is 0.105. The summed E-state index contributed by atoms with van der Waals surface area (Å²) >= 11 is 0. The van der Waals surface area contributed by atoms with Gasteiger partial charge in [-0.05, 0) is 30.2 Å². The largest absolute Gasteiger partial charge is 0.326 e. The van der Waals surface area contributed by atoms with E-state index in [-0.39, 0.29) is 11.5 Å². The normalized spacial score (nSPS) is 10.3. The van der Waals surface area contributed by atoms with Crippen molar-refractivity contribution in [3.05, 3.63) is 82.6 Å². The molecule has 0 aliphatic heterocycles. The van der Waals surface area contributed by atoms with Gasteiger partial charge in [0.15, 0.2) is 0 Å². The third-order valence-corrected chi connectivity index (χ3v) is 3.60.